The molecule has 0 saturated carbocycles. The van der Waals surface area contributed by atoms with Gasteiger partial charge in [-0.25, -0.2) is 9.18 Å². The highest BCUT2D eigenvalue weighted by atomic mass is 19.1. The maximum atomic E-state index is 13.1. The van der Waals surface area contributed by atoms with Crippen LogP contribution < -0.4 is 10.6 Å². The highest BCUT2D eigenvalue weighted by Crippen LogP contribution is 2.10. The average Bonchev–Trinajstić information content (AvgIpc) is 2.69. The molecule has 2 amide bonds. The van der Waals surface area contributed by atoms with Gasteiger partial charge in [-0.05, 0) is 30.2 Å². The number of methoxy groups -OCH3 is 1. The first-order valence-corrected chi connectivity index (χ1v) is 9.23. The van der Waals surface area contributed by atoms with Crippen LogP contribution in [0.2, 0.25) is 0 Å². The van der Waals surface area contributed by atoms with Gasteiger partial charge in [-0.2, -0.15) is 0 Å². The quantitative estimate of drug-likeness (QED) is 0.665. The molecule has 0 bridgehead atoms. The normalized spacial score (nSPS) is 12.6. The van der Waals surface area contributed by atoms with Crippen LogP contribution in [0, 0.1) is 12.7 Å². The third-order valence-corrected chi connectivity index (χ3v) is 4.41. The van der Waals surface area contributed by atoms with E-state index in [1.165, 1.54) is 26.2 Å². The zero-order valence-corrected chi connectivity index (χ0v) is 16.7. The molecule has 0 heterocycles. The van der Waals surface area contributed by atoms with Crippen molar-refractivity contribution < 1.29 is 23.5 Å². The van der Waals surface area contributed by atoms with Crippen molar-refractivity contribution in [2.75, 3.05) is 7.11 Å². The van der Waals surface area contributed by atoms with E-state index >= 15 is 0 Å². The largest absolute Gasteiger partial charge is 0.467 e. The topological polar surface area (TPSA) is 84.5 Å². The lowest BCUT2D eigenvalue weighted by Gasteiger charge is -2.22. The molecule has 0 unspecified atom stereocenters. The lowest BCUT2D eigenvalue weighted by atomic mass is 10.0. The van der Waals surface area contributed by atoms with Crippen molar-refractivity contribution in [3.63, 3.8) is 0 Å². The van der Waals surface area contributed by atoms with Gasteiger partial charge in [0.05, 0.1) is 7.11 Å². The van der Waals surface area contributed by atoms with Gasteiger partial charge in [-0.1, -0.05) is 42.0 Å². The fraction of sp³-hybridized carbons (Fsp3) is 0.318. The van der Waals surface area contributed by atoms with Crippen LogP contribution >= 0.6 is 0 Å². The molecule has 0 spiro atoms. The first-order valence-electron chi connectivity index (χ1n) is 9.23. The van der Waals surface area contributed by atoms with Crippen LogP contribution in [0.25, 0.3) is 0 Å². The number of nitrogens with one attached hydrogen (secondary N) is 2. The van der Waals surface area contributed by atoms with Crippen LogP contribution in [-0.2, 0) is 32.0 Å². The molecular formula is C22H25FN2O4. The Kier molecular flexibility index (Phi) is 7.88. The number of carbonyl (C=O) groups is 3. The second-order valence-electron chi connectivity index (χ2n) is 6.86. The molecule has 0 aliphatic carbocycles. The smallest absolute Gasteiger partial charge is 0.328 e. The van der Waals surface area contributed by atoms with Crippen molar-refractivity contribution in [1.82, 2.24) is 10.6 Å². The van der Waals surface area contributed by atoms with Gasteiger partial charge in [0.15, 0.2) is 0 Å². The summed E-state index contributed by atoms with van der Waals surface area (Å²) < 4.78 is 17.9. The number of benzene rings is 2. The summed E-state index contributed by atoms with van der Waals surface area (Å²) in [5.41, 5.74) is 2.62. The van der Waals surface area contributed by atoms with Crippen molar-refractivity contribution >= 4 is 17.8 Å². The van der Waals surface area contributed by atoms with Crippen molar-refractivity contribution in [3.05, 3.63) is 71.0 Å². The Morgan fingerprint density at radius 2 is 1.41 bits per heavy atom. The summed E-state index contributed by atoms with van der Waals surface area (Å²) >= 11 is 0. The molecule has 0 fully saturated rings. The predicted octanol–water partition coefficient (Wildman–Crippen LogP) is 2.08. The molecule has 0 aliphatic heterocycles. The number of rotatable bonds is 8. The van der Waals surface area contributed by atoms with Crippen LogP contribution in [0.4, 0.5) is 4.39 Å². The minimum atomic E-state index is -0.914. The molecule has 154 valence electrons. The minimum absolute atomic E-state index is 0.157. The van der Waals surface area contributed by atoms with Crippen LogP contribution in [0.3, 0.4) is 0 Å². The Morgan fingerprint density at radius 3 is 1.93 bits per heavy atom. The van der Waals surface area contributed by atoms with Crippen molar-refractivity contribution in [3.8, 4) is 0 Å². The Morgan fingerprint density at radius 1 is 0.897 bits per heavy atom. The number of aryl methyl sites for hydroxylation is 1. The van der Waals surface area contributed by atoms with Crippen molar-refractivity contribution in [2.45, 2.75) is 38.8 Å². The van der Waals surface area contributed by atoms with E-state index in [0.717, 1.165) is 11.1 Å². The highest BCUT2D eigenvalue weighted by molar-refractivity contribution is 5.90. The summed E-state index contributed by atoms with van der Waals surface area (Å²) in [6.45, 7) is 3.26. The van der Waals surface area contributed by atoms with Crippen LogP contribution in [0.1, 0.15) is 23.6 Å². The van der Waals surface area contributed by atoms with E-state index in [-0.39, 0.29) is 18.7 Å². The molecule has 7 heteroatoms. The Bertz CT molecular complexity index is 850. The fourth-order valence-electron chi connectivity index (χ4n) is 2.88. The monoisotopic (exact) mass is 400 g/mol. The van der Waals surface area contributed by atoms with Gasteiger partial charge in [-0.15, -0.1) is 0 Å². The van der Waals surface area contributed by atoms with Crippen LogP contribution in [0.15, 0.2) is 48.5 Å². The van der Waals surface area contributed by atoms with E-state index < -0.39 is 29.8 Å². The lowest BCUT2D eigenvalue weighted by Crippen LogP contribution is -2.53. The summed E-state index contributed by atoms with van der Waals surface area (Å²) in [7, 11) is 1.25. The van der Waals surface area contributed by atoms with E-state index in [0.29, 0.717) is 5.56 Å². The Balaban J connectivity index is 2.15. The van der Waals surface area contributed by atoms with Gasteiger partial charge in [-0.3, -0.25) is 9.59 Å². The standard InChI is InChI=1S/C22H25FN2O4/c1-14-4-6-16(7-5-14)13-20(22(28)29-3)25-21(27)19(24-15(2)26)12-17-8-10-18(23)11-9-17/h4-11,19-20H,12-13H2,1-3H3,(H,24,26)(H,25,27)/t19-,20-/m0/s1. The summed E-state index contributed by atoms with van der Waals surface area (Å²) in [6.07, 6.45) is 0.409. The molecule has 0 radical (unpaired) electrons. The van der Waals surface area contributed by atoms with Gasteiger partial charge in [0.2, 0.25) is 11.8 Å². The summed E-state index contributed by atoms with van der Waals surface area (Å²) in [6, 6.07) is 11.4. The Hall–Kier alpha value is -3.22. The molecule has 29 heavy (non-hydrogen) atoms. The van der Waals surface area contributed by atoms with Gasteiger partial charge in [0.25, 0.3) is 0 Å². The lowest BCUT2D eigenvalue weighted by molar-refractivity contribution is -0.145. The first-order chi connectivity index (χ1) is 13.8. The summed E-state index contributed by atoms with van der Waals surface area (Å²) in [4.78, 5) is 36.6. The first kappa shape index (κ1) is 22.1. The number of hydrogen-bond acceptors (Lipinski definition) is 4. The maximum Gasteiger partial charge on any atom is 0.328 e. The third-order valence-electron chi connectivity index (χ3n) is 4.41. The average molecular weight is 400 g/mol. The highest BCUT2D eigenvalue weighted by Gasteiger charge is 2.27. The van der Waals surface area contributed by atoms with Crippen molar-refractivity contribution in [1.29, 1.82) is 0 Å². The third kappa shape index (κ3) is 7.03. The zero-order chi connectivity index (χ0) is 21.4. The number of halogens is 1. The molecule has 2 rings (SSSR count). The van der Waals surface area contributed by atoms with E-state index in [9.17, 15) is 18.8 Å². The predicted molar refractivity (Wildman–Crippen MR) is 107 cm³/mol. The molecule has 0 aromatic heterocycles. The maximum absolute atomic E-state index is 13.1. The summed E-state index contributed by atoms with van der Waals surface area (Å²) in [5, 5.41) is 5.25. The number of hydrogen-bond donors (Lipinski definition) is 2. The van der Waals surface area contributed by atoms with Crippen molar-refractivity contribution in [2.24, 2.45) is 0 Å². The minimum Gasteiger partial charge on any atom is -0.467 e. The molecule has 0 aliphatic rings. The Labute approximate surface area is 169 Å². The van der Waals surface area contributed by atoms with Gasteiger partial charge < -0.3 is 15.4 Å². The molecular weight excluding hydrogens is 375 g/mol. The van der Waals surface area contributed by atoms with Crippen LogP contribution in [0.5, 0.6) is 0 Å². The summed E-state index contributed by atoms with van der Waals surface area (Å²) in [5.74, 6) is -1.88. The fourth-order valence-corrected chi connectivity index (χ4v) is 2.88. The molecule has 2 aromatic rings. The number of esters is 1. The molecule has 2 aromatic carbocycles. The molecule has 0 saturated heterocycles. The number of ether oxygens (including phenoxy) is 1. The van der Waals surface area contributed by atoms with Crippen LogP contribution in [-0.4, -0.2) is 37.0 Å². The second kappa shape index (κ2) is 10.4. The van der Waals surface area contributed by atoms with E-state index in [2.05, 4.69) is 10.6 Å². The number of amides is 2. The molecule has 2 atom stereocenters. The SMILES string of the molecule is COC(=O)[C@H](Cc1ccc(C)cc1)NC(=O)[C@H](Cc1ccc(F)cc1)NC(C)=O. The molecule has 2 N–H and O–H groups in total. The van der Waals surface area contributed by atoms with E-state index in [1.807, 2.05) is 31.2 Å². The number of carbonyl (C=O) groups excluding carboxylic acids is 3. The van der Waals surface area contributed by atoms with Gasteiger partial charge in [0.1, 0.15) is 17.9 Å². The zero-order valence-electron chi connectivity index (χ0n) is 16.7. The van der Waals surface area contributed by atoms with E-state index in [4.69, 9.17) is 4.74 Å². The van der Waals surface area contributed by atoms with E-state index in [1.54, 1.807) is 12.1 Å². The molecule has 6 nitrogen and oxygen atoms in total. The van der Waals surface area contributed by atoms with Gasteiger partial charge >= 0.3 is 5.97 Å². The van der Waals surface area contributed by atoms with Gasteiger partial charge in [0, 0.05) is 19.8 Å². The second-order valence-corrected chi connectivity index (χ2v) is 6.86.